The van der Waals surface area contributed by atoms with Gasteiger partial charge in [-0.05, 0) is 48.1 Å². The lowest BCUT2D eigenvalue weighted by Crippen LogP contribution is -2.35. The maximum atomic E-state index is 10.8. The van der Waals surface area contributed by atoms with Gasteiger partial charge in [-0.15, -0.1) is 0 Å². The van der Waals surface area contributed by atoms with Gasteiger partial charge in [-0.2, -0.15) is 0 Å². The average molecular weight is 318 g/mol. The molecule has 0 fully saturated rings. The molecule has 0 unspecified atom stereocenters. The van der Waals surface area contributed by atoms with Gasteiger partial charge in [-0.3, -0.25) is 0 Å². The SMILES string of the molecule is O[C@H](c1ccccc1)c1ccc2c(c1)c1c3n2CCN[C@@H]3CCC1. The molecule has 0 amide bonds. The number of aliphatic hydroxyl groups is 1. The molecule has 3 aromatic rings. The third-order valence-electron chi connectivity index (χ3n) is 5.64. The Morgan fingerprint density at radius 3 is 2.83 bits per heavy atom. The summed E-state index contributed by atoms with van der Waals surface area (Å²) in [7, 11) is 0. The first-order chi connectivity index (χ1) is 11.8. The zero-order valence-electron chi connectivity index (χ0n) is 13.7. The fourth-order valence-corrected chi connectivity index (χ4v) is 4.53. The second-order valence-electron chi connectivity index (χ2n) is 7.00. The van der Waals surface area contributed by atoms with Gasteiger partial charge in [0.15, 0.2) is 0 Å². The van der Waals surface area contributed by atoms with E-state index in [4.69, 9.17) is 0 Å². The van der Waals surface area contributed by atoms with E-state index in [0.29, 0.717) is 6.04 Å². The van der Waals surface area contributed by atoms with Crippen LogP contribution in [-0.4, -0.2) is 16.2 Å². The van der Waals surface area contributed by atoms with Gasteiger partial charge >= 0.3 is 0 Å². The summed E-state index contributed by atoms with van der Waals surface area (Å²) < 4.78 is 2.50. The Balaban J connectivity index is 1.67. The third kappa shape index (κ3) is 2.05. The second kappa shape index (κ2) is 5.47. The smallest absolute Gasteiger partial charge is 0.104 e. The van der Waals surface area contributed by atoms with E-state index in [1.165, 1.54) is 35.0 Å². The van der Waals surface area contributed by atoms with Crippen molar-refractivity contribution < 1.29 is 5.11 Å². The molecule has 1 aliphatic carbocycles. The molecule has 0 saturated carbocycles. The van der Waals surface area contributed by atoms with Crippen molar-refractivity contribution in [1.82, 2.24) is 9.88 Å². The molecule has 1 aromatic heterocycles. The Kier molecular flexibility index (Phi) is 3.25. The van der Waals surface area contributed by atoms with Gasteiger partial charge in [-0.25, -0.2) is 0 Å². The van der Waals surface area contributed by atoms with Crippen LogP contribution in [0.15, 0.2) is 48.5 Å². The van der Waals surface area contributed by atoms with E-state index in [1.54, 1.807) is 0 Å². The van der Waals surface area contributed by atoms with Crippen LogP contribution in [0.1, 0.15) is 47.4 Å². The van der Waals surface area contributed by atoms with E-state index >= 15 is 0 Å². The molecule has 24 heavy (non-hydrogen) atoms. The fourth-order valence-electron chi connectivity index (χ4n) is 4.53. The normalized spacial score (nSPS) is 20.8. The van der Waals surface area contributed by atoms with E-state index in [0.717, 1.165) is 30.6 Å². The van der Waals surface area contributed by atoms with Crippen LogP contribution in [0.25, 0.3) is 10.9 Å². The number of benzene rings is 2. The molecule has 0 radical (unpaired) electrons. The van der Waals surface area contributed by atoms with Gasteiger partial charge in [-0.1, -0.05) is 36.4 Å². The van der Waals surface area contributed by atoms with Crippen LogP contribution in [0.5, 0.6) is 0 Å². The molecule has 0 bridgehead atoms. The summed E-state index contributed by atoms with van der Waals surface area (Å²) in [5.74, 6) is 0. The summed E-state index contributed by atoms with van der Waals surface area (Å²) in [5, 5.41) is 15.8. The summed E-state index contributed by atoms with van der Waals surface area (Å²) in [4.78, 5) is 0. The number of nitrogens with zero attached hydrogens (tertiary/aromatic N) is 1. The van der Waals surface area contributed by atoms with Crippen LogP contribution >= 0.6 is 0 Å². The van der Waals surface area contributed by atoms with Gasteiger partial charge in [0.1, 0.15) is 6.10 Å². The molecule has 5 rings (SSSR count). The first-order valence-corrected chi connectivity index (χ1v) is 8.94. The standard InChI is InChI=1S/C21H22N2O/c24-21(14-5-2-1-3-6-14)15-9-10-19-17(13-15)16-7-4-8-18-20(16)23(19)12-11-22-18/h1-3,5-6,9-10,13,18,21-22,24H,4,7-8,11-12H2/t18-,21-/m1/s1. The van der Waals surface area contributed by atoms with Crippen molar-refractivity contribution in [2.75, 3.05) is 6.54 Å². The van der Waals surface area contributed by atoms with Crippen LogP contribution in [0, 0.1) is 0 Å². The Morgan fingerprint density at radius 1 is 1.08 bits per heavy atom. The van der Waals surface area contributed by atoms with Gasteiger partial charge in [0.25, 0.3) is 0 Å². The van der Waals surface area contributed by atoms with Crippen molar-refractivity contribution >= 4 is 10.9 Å². The van der Waals surface area contributed by atoms with E-state index in [1.807, 2.05) is 30.3 Å². The molecule has 2 aromatic carbocycles. The lowest BCUT2D eigenvalue weighted by molar-refractivity contribution is 0.220. The molecule has 0 spiro atoms. The highest BCUT2D eigenvalue weighted by molar-refractivity contribution is 5.87. The molecular formula is C21H22N2O. The maximum Gasteiger partial charge on any atom is 0.104 e. The highest BCUT2D eigenvalue weighted by Crippen LogP contribution is 2.40. The Bertz CT molecular complexity index is 895. The molecule has 2 atom stereocenters. The van der Waals surface area contributed by atoms with Crippen molar-refractivity contribution in [3.63, 3.8) is 0 Å². The monoisotopic (exact) mass is 318 g/mol. The number of hydrogen-bond acceptors (Lipinski definition) is 2. The molecule has 122 valence electrons. The number of aliphatic hydroxyl groups excluding tert-OH is 1. The largest absolute Gasteiger partial charge is 0.384 e. The summed E-state index contributed by atoms with van der Waals surface area (Å²) in [6.45, 7) is 2.10. The van der Waals surface area contributed by atoms with Crippen molar-refractivity contribution in [2.45, 2.75) is 38.0 Å². The van der Waals surface area contributed by atoms with Crippen LogP contribution < -0.4 is 5.32 Å². The molecule has 0 saturated heterocycles. The highest BCUT2D eigenvalue weighted by atomic mass is 16.3. The molecule has 2 heterocycles. The third-order valence-corrected chi connectivity index (χ3v) is 5.64. The zero-order chi connectivity index (χ0) is 16.1. The predicted molar refractivity (Wildman–Crippen MR) is 96.1 cm³/mol. The summed E-state index contributed by atoms with van der Waals surface area (Å²) in [5.41, 5.74) is 6.26. The molecule has 2 N–H and O–H groups in total. The first kappa shape index (κ1) is 14.3. The average Bonchev–Trinajstić information content (AvgIpc) is 2.98. The number of nitrogens with one attached hydrogen (secondary N) is 1. The Hall–Kier alpha value is -2.10. The van der Waals surface area contributed by atoms with Gasteiger partial charge < -0.3 is 15.0 Å². The molecule has 3 nitrogen and oxygen atoms in total. The van der Waals surface area contributed by atoms with Gasteiger partial charge in [0, 0.05) is 35.7 Å². The van der Waals surface area contributed by atoms with Gasteiger partial charge in [0.2, 0.25) is 0 Å². The topological polar surface area (TPSA) is 37.2 Å². The lowest BCUT2D eigenvalue weighted by atomic mass is 9.90. The quantitative estimate of drug-likeness (QED) is 0.756. The second-order valence-corrected chi connectivity index (χ2v) is 7.00. The van der Waals surface area contributed by atoms with Crippen LogP contribution in [0.4, 0.5) is 0 Å². The van der Waals surface area contributed by atoms with Crippen molar-refractivity contribution in [1.29, 1.82) is 0 Å². The van der Waals surface area contributed by atoms with Gasteiger partial charge in [0.05, 0.1) is 0 Å². The number of hydrogen-bond donors (Lipinski definition) is 2. The van der Waals surface area contributed by atoms with Crippen molar-refractivity contribution in [2.24, 2.45) is 0 Å². The van der Waals surface area contributed by atoms with Crippen molar-refractivity contribution in [3.05, 3.63) is 70.9 Å². The number of rotatable bonds is 2. The van der Waals surface area contributed by atoms with Crippen molar-refractivity contribution in [3.8, 4) is 0 Å². The van der Waals surface area contributed by atoms with E-state index in [9.17, 15) is 5.11 Å². The molecular weight excluding hydrogens is 296 g/mol. The van der Waals surface area contributed by atoms with E-state index in [2.05, 4.69) is 28.1 Å². The minimum Gasteiger partial charge on any atom is -0.384 e. The first-order valence-electron chi connectivity index (χ1n) is 8.94. The van der Waals surface area contributed by atoms with Crippen LogP contribution in [0.2, 0.25) is 0 Å². The van der Waals surface area contributed by atoms with E-state index in [-0.39, 0.29) is 0 Å². The Morgan fingerprint density at radius 2 is 1.96 bits per heavy atom. The minimum atomic E-state index is -0.558. The number of fused-ring (bicyclic) bond motifs is 3. The zero-order valence-corrected chi connectivity index (χ0v) is 13.7. The predicted octanol–water partition coefficient (Wildman–Crippen LogP) is 3.70. The minimum absolute atomic E-state index is 0.511. The summed E-state index contributed by atoms with van der Waals surface area (Å²) in [6.07, 6.45) is 3.08. The number of aryl methyl sites for hydroxylation is 1. The number of aromatic nitrogens is 1. The lowest BCUT2D eigenvalue weighted by Gasteiger charge is -2.31. The summed E-state index contributed by atoms with van der Waals surface area (Å²) >= 11 is 0. The molecule has 1 aliphatic heterocycles. The molecule has 3 heteroatoms. The maximum absolute atomic E-state index is 10.8. The van der Waals surface area contributed by atoms with Crippen LogP contribution in [0.3, 0.4) is 0 Å². The van der Waals surface area contributed by atoms with E-state index < -0.39 is 6.10 Å². The highest BCUT2D eigenvalue weighted by Gasteiger charge is 2.30. The summed E-state index contributed by atoms with van der Waals surface area (Å²) in [6, 6.07) is 16.9. The Labute approximate surface area is 141 Å². The van der Waals surface area contributed by atoms with Crippen LogP contribution in [-0.2, 0) is 13.0 Å². The fraction of sp³-hybridized carbons (Fsp3) is 0.333. The molecule has 2 aliphatic rings.